The molecule has 5 heteroatoms. The average Bonchev–Trinajstić information content (AvgIpc) is 2.73. The van der Waals surface area contributed by atoms with Crippen molar-refractivity contribution in [2.75, 3.05) is 0 Å². The number of benzene rings is 2. The molecule has 138 valence electrons. The van der Waals surface area contributed by atoms with Crippen LogP contribution in [0.25, 0.3) is 0 Å². The van der Waals surface area contributed by atoms with Crippen LogP contribution in [0.5, 0.6) is 5.75 Å². The van der Waals surface area contributed by atoms with Gasteiger partial charge in [-0.1, -0.05) is 62.4 Å². The van der Waals surface area contributed by atoms with Crippen molar-refractivity contribution in [3.05, 3.63) is 95.3 Å². The van der Waals surface area contributed by atoms with Gasteiger partial charge in [-0.15, -0.1) is 0 Å². The predicted molar refractivity (Wildman–Crippen MR) is 105 cm³/mol. The third kappa shape index (κ3) is 4.33. The number of pyridine rings is 1. The summed E-state index contributed by atoms with van der Waals surface area (Å²) in [7, 11) is 0. The van der Waals surface area contributed by atoms with Crippen LogP contribution >= 0.6 is 0 Å². The van der Waals surface area contributed by atoms with Crippen molar-refractivity contribution in [1.82, 2.24) is 10.4 Å². The molecule has 1 amide bonds. The molecule has 3 N–H and O–H groups in total. The van der Waals surface area contributed by atoms with E-state index in [0.29, 0.717) is 5.69 Å². The van der Waals surface area contributed by atoms with E-state index in [9.17, 15) is 4.79 Å². The molecule has 0 saturated heterocycles. The monoisotopic (exact) mass is 361 g/mol. The van der Waals surface area contributed by atoms with Crippen LogP contribution in [0.15, 0.2) is 72.8 Å². The van der Waals surface area contributed by atoms with E-state index in [-0.39, 0.29) is 17.7 Å². The first-order valence-electron chi connectivity index (χ1n) is 8.76. The standard InChI is InChI=1S/C22H23N3O2/c1-22(2,16-7-4-3-5-8-16)17-11-13-19(14-12-17)27-15-18-9-6-10-20(24-18)21(26)25-23/h3-14H,15,23H2,1-2H3,(H,25,26). The van der Waals surface area contributed by atoms with Crippen molar-refractivity contribution in [2.45, 2.75) is 25.9 Å². The molecule has 1 aromatic heterocycles. The molecule has 0 spiro atoms. The molecule has 1 heterocycles. The zero-order valence-electron chi connectivity index (χ0n) is 15.5. The summed E-state index contributed by atoms with van der Waals surface area (Å²) in [5, 5.41) is 0. The van der Waals surface area contributed by atoms with Gasteiger partial charge in [0.2, 0.25) is 0 Å². The molecule has 0 radical (unpaired) electrons. The minimum absolute atomic E-state index is 0.0920. The van der Waals surface area contributed by atoms with Crippen molar-refractivity contribution in [3.8, 4) is 5.75 Å². The van der Waals surface area contributed by atoms with Crippen LogP contribution in [0, 0.1) is 0 Å². The maximum Gasteiger partial charge on any atom is 0.283 e. The number of nitrogens with two attached hydrogens (primary N) is 1. The quantitative estimate of drug-likeness (QED) is 0.400. The van der Waals surface area contributed by atoms with Crippen molar-refractivity contribution in [2.24, 2.45) is 5.84 Å². The maximum atomic E-state index is 11.5. The van der Waals surface area contributed by atoms with Gasteiger partial charge in [0.05, 0.1) is 5.69 Å². The Kier molecular flexibility index (Phi) is 5.52. The van der Waals surface area contributed by atoms with Crippen LogP contribution in [0.3, 0.4) is 0 Å². The lowest BCUT2D eigenvalue weighted by atomic mass is 9.78. The molecular weight excluding hydrogens is 338 g/mol. The Balaban J connectivity index is 1.69. The van der Waals surface area contributed by atoms with E-state index in [2.05, 4.69) is 60.7 Å². The SMILES string of the molecule is CC(C)(c1ccccc1)c1ccc(OCc2cccc(C(=O)NN)n2)cc1. The number of nitrogen functional groups attached to an aromatic ring is 1. The lowest BCUT2D eigenvalue weighted by molar-refractivity contribution is 0.0948. The van der Waals surface area contributed by atoms with E-state index in [1.54, 1.807) is 18.2 Å². The van der Waals surface area contributed by atoms with Gasteiger partial charge in [0, 0.05) is 5.41 Å². The molecule has 27 heavy (non-hydrogen) atoms. The number of nitrogens with one attached hydrogen (secondary N) is 1. The van der Waals surface area contributed by atoms with Gasteiger partial charge in [0.15, 0.2) is 0 Å². The largest absolute Gasteiger partial charge is 0.487 e. The summed E-state index contributed by atoms with van der Waals surface area (Å²) in [5.74, 6) is 5.46. The smallest absolute Gasteiger partial charge is 0.283 e. The van der Waals surface area contributed by atoms with E-state index in [1.807, 2.05) is 18.2 Å². The van der Waals surface area contributed by atoms with Gasteiger partial charge in [0.25, 0.3) is 5.91 Å². The minimum Gasteiger partial charge on any atom is -0.487 e. The number of amides is 1. The topological polar surface area (TPSA) is 77.2 Å². The second-order valence-electron chi connectivity index (χ2n) is 6.79. The summed E-state index contributed by atoms with van der Waals surface area (Å²) in [6.45, 7) is 4.68. The molecule has 3 aromatic rings. The molecule has 0 aliphatic carbocycles. The zero-order chi connectivity index (χ0) is 19.3. The predicted octanol–water partition coefficient (Wildman–Crippen LogP) is 3.59. The van der Waals surface area contributed by atoms with Gasteiger partial charge < -0.3 is 4.74 Å². The summed E-state index contributed by atoms with van der Waals surface area (Å²) in [5.41, 5.74) is 5.37. The van der Waals surface area contributed by atoms with Gasteiger partial charge in [0.1, 0.15) is 18.1 Å². The number of hydrogen-bond donors (Lipinski definition) is 2. The Hall–Kier alpha value is -3.18. The lowest BCUT2D eigenvalue weighted by Crippen LogP contribution is -2.30. The Morgan fingerprint density at radius 3 is 2.30 bits per heavy atom. The van der Waals surface area contributed by atoms with E-state index >= 15 is 0 Å². The lowest BCUT2D eigenvalue weighted by Gasteiger charge is -2.26. The first kappa shape index (κ1) is 18.6. The van der Waals surface area contributed by atoms with Crippen LogP contribution in [-0.2, 0) is 12.0 Å². The number of hydrazine groups is 1. The number of nitrogens with zero attached hydrogens (tertiary/aromatic N) is 1. The fraction of sp³-hybridized carbons (Fsp3) is 0.182. The van der Waals surface area contributed by atoms with E-state index in [4.69, 9.17) is 10.6 Å². The Morgan fingerprint density at radius 1 is 0.963 bits per heavy atom. The molecule has 0 bridgehead atoms. The van der Waals surface area contributed by atoms with Gasteiger partial charge in [-0.05, 0) is 35.4 Å². The highest BCUT2D eigenvalue weighted by Gasteiger charge is 2.22. The maximum absolute atomic E-state index is 11.5. The minimum atomic E-state index is -0.427. The number of aromatic nitrogens is 1. The van der Waals surface area contributed by atoms with Gasteiger partial charge in [-0.2, -0.15) is 0 Å². The van der Waals surface area contributed by atoms with Gasteiger partial charge in [-0.3, -0.25) is 10.2 Å². The van der Waals surface area contributed by atoms with Crippen LogP contribution in [0.4, 0.5) is 0 Å². The van der Waals surface area contributed by atoms with Crippen LogP contribution in [-0.4, -0.2) is 10.9 Å². The summed E-state index contributed by atoms with van der Waals surface area (Å²) in [6.07, 6.45) is 0. The number of rotatable bonds is 6. The molecule has 3 rings (SSSR count). The van der Waals surface area contributed by atoms with Crippen molar-refractivity contribution < 1.29 is 9.53 Å². The summed E-state index contributed by atoms with van der Waals surface area (Å²) < 4.78 is 5.81. The van der Waals surface area contributed by atoms with Crippen LogP contribution < -0.4 is 16.0 Å². The second-order valence-corrected chi connectivity index (χ2v) is 6.79. The highest BCUT2D eigenvalue weighted by atomic mass is 16.5. The molecule has 0 saturated carbocycles. The molecule has 0 fully saturated rings. The molecular formula is C22H23N3O2. The van der Waals surface area contributed by atoms with Crippen LogP contribution in [0.2, 0.25) is 0 Å². The highest BCUT2D eigenvalue weighted by Crippen LogP contribution is 2.32. The van der Waals surface area contributed by atoms with Crippen LogP contribution in [0.1, 0.15) is 41.2 Å². The molecule has 0 aliphatic heterocycles. The fourth-order valence-electron chi connectivity index (χ4n) is 2.91. The molecule has 5 nitrogen and oxygen atoms in total. The third-order valence-corrected chi connectivity index (χ3v) is 4.63. The van der Waals surface area contributed by atoms with Crippen molar-refractivity contribution >= 4 is 5.91 Å². The third-order valence-electron chi connectivity index (χ3n) is 4.63. The Morgan fingerprint density at radius 2 is 1.63 bits per heavy atom. The van der Waals surface area contributed by atoms with Crippen molar-refractivity contribution in [3.63, 3.8) is 0 Å². The average molecular weight is 361 g/mol. The first-order chi connectivity index (χ1) is 13.0. The molecule has 0 aliphatic rings. The summed E-state index contributed by atoms with van der Waals surface area (Å²) >= 11 is 0. The van der Waals surface area contributed by atoms with Crippen molar-refractivity contribution in [1.29, 1.82) is 0 Å². The van der Waals surface area contributed by atoms with Gasteiger partial charge in [-0.25, -0.2) is 10.8 Å². The summed E-state index contributed by atoms with van der Waals surface area (Å²) in [4.78, 5) is 15.8. The zero-order valence-corrected chi connectivity index (χ0v) is 15.5. The first-order valence-corrected chi connectivity index (χ1v) is 8.76. The Bertz CT molecular complexity index is 906. The van der Waals surface area contributed by atoms with E-state index in [0.717, 1.165) is 5.75 Å². The Labute approximate surface area is 159 Å². The van der Waals surface area contributed by atoms with E-state index < -0.39 is 5.91 Å². The number of ether oxygens (including phenoxy) is 1. The molecule has 0 unspecified atom stereocenters. The number of carbonyl (C=O) groups excluding carboxylic acids is 1. The summed E-state index contributed by atoms with van der Waals surface area (Å²) in [6, 6.07) is 23.6. The van der Waals surface area contributed by atoms with E-state index in [1.165, 1.54) is 11.1 Å². The van der Waals surface area contributed by atoms with Gasteiger partial charge >= 0.3 is 0 Å². The fourth-order valence-corrected chi connectivity index (χ4v) is 2.91. The highest BCUT2D eigenvalue weighted by molar-refractivity contribution is 5.91. The number of carbonyl (C=O) groups is 1. The number of hydrogen-bond acceptors (Lipinski definition) is 4. The molecule has 2 aromatic carbocycles. The molecule has 0 atom stereocenters. The normalized spacial score (nSPS) is 11.1. The second kappa shape index (κ2) is 8.01.